The first-order chi connectivity index (χ1) is 14.0. The van der Waals surface area contributed by atoms with Gasteiger partial charge < -0.3 is 9.47 Å². The molecular weight excluding hydrogens is 434 g/mol. The zero-order valence-electron chi connectivity index (χ0n) is 15.7. The molecule has 162 valence electrons. The van der Waals surface area contributed by atoms with Crippen LogP contribution in [-0.4, -0.2) is 20.2 Å². The third kappa shape index (κ3) is 5.71. The van der Waals surface area contributed by atoms with Crippen molar-refractivity contribution in [3.63, 3.8) is 0 Å². The molecule has 0 N–H and O–H groups in total. The first kappa shape index (κ1) is 23.7. The van der Waals surface area contributed by atoms with Crippen molar-refractivity contribution in [2.24, 2.45) is 0 Å². The summed E-state index contributed by atoms with van der Waals surface area (Å²) in [7, 11) is 2.46. The molecule has 0 aliphatic heterocycles. The Morgan fingerprint density at radius 2 is 1.67 bits per heavy atom. The highest BCUT2D eigenvalue weighted by molar-refractivity contribution is 7.98. The number of esters is 1. The van der Waals surface area contributed by atoms with Gasteiger partial charge in [-0.1, -0.05) is 18.2 Å². The van der Waals surface area contributed by atoms with Crippen LogP contribution in [0.5, 0.6) is 0 Å². The second kappa shape index (κ2) is 9.46. The predicted octanol–water partition coefficient (Wildman–Crippen LogP) is 6.18. The molecule has 0 spiro atoms. The smallest absolute Gasteiger partial charge is 0.416 e. The molecule has 10 heteroatoms. The molecule has 0 saturated heterocycles. The molecular formula is C20H16F6O3S. The summed E-state index contributed by atoms with van der Waals surface area (Å²) >= 11 is 0.860. The van der Waals surface area contributed by atoms with Crippen LogP contribution in [0.1, 0.15) is 22.3 Å². The number of alkyl halides is 6. The molecule has 0 bridgehead atoms. The van der Waals surface area contributed by atoms with Crippen LogP contribution in [0.3, 0.4) is 0 Å². The van der Waals surface area contributed by atoms with Crippen LogP contribution in [0.4, 0.5) is 26.3 Å². The second-order valence-corrected chi connectivity index (χ2v) is 6.93. The SMILES string of the molecule is COC=C(C(=O)OC)c1ccccc1SCc1cc(C(F)(F)F)ccc1C(F)(F)F. The molecule has 0 unspecified atom stereocenters. The Hall–Kier alpha value is -2.62. The van der Waals surface area contributed by atoms with Gasteiger partial charge in [-0.05, 0) is 29.8 Å². The van der Waals surface area contributed by atoms with Crippen molar-refractivity contribution in [3.8, 4) is 0 Å². The van der Waals surface area contributed by atoms with Gasteiger partial charge in [0.15, 0.2) is 0 Å². The van der Waals surface area contributed by atoms with Crippen molar-refractivity contribution in [3.05, 3.63) is 71.0 Å². The molecule has 0 amide bonds. The minimum Gasteiger partial charge on any atom is -0.503 e. The lowest BCUT2D eigenvalue weighted by Gasteiger charge is -2.16. The van der Waals surface area contributed by atoms with E-state index in [2.05, 4.69) is 4.74 Å². The van der Waals surface area contributed by atoms with Gasteiger partial charge in [0.2, 0.25) is 0 Å². The number of carbonyl (C=O) groups excluding carboxylic acids is 1. The van der Waals surface area contributed by atoms with Gasteiger partial charge in [-0.2, -0.15) is 26.3 Å². The lowest BCUT2D eigenvalue weighted by molar-refractivity contribution is -0.141. The number of thioether (sulfide) groups is 1. The Morgan fingerprint density at radius 3 is 2.23 bits per heavy atom. The van der Waals surface area contributed by atoms with Gasteiger partial charge in [-0.3, -0.25) is 0 Å². The van der Waals surface area contributed by atoms with Crippen LogP contribution in [-0.2, 0) is 32.4 Å². The largest absolute Gasteiger partial charge is 0.503 e. The Kier molecular flexibility index (Phi) is 7.46. The molecule has 0 aromatic heterocycles. The number of carbonyl (C=O) groups is 1. The quantitative estimate of drug-likeness (QED) is 0.173. The van der Waals surface area contributed by atoms with E-state index >= 15 is 0 Å². The van der Waals surface area contributed by atoms with E-state index in [1.54, 1.807) is 12.1 Å². The van der Waals surface area contributed by atoms with Crippen LogP contribution < -0.4 is 0 Å². The van der Waals surface area contributed by atoms with Crippen molar-refractivity contribution < 1.29 is 40.6 Å². The van der Waals surface area contributed by atoms with Gasteiger partial charge in [0.1, 0.15) is 5.57 Å². The zero-order valence-corrected chi connectivity index (χ0v) is 16.5. The number of hydrogen-bond acceptors (Lipinski definition) is 4. The first-order valence-corrected chi connectivity index (χ1v) is 9.28. The lowest BCUT2D eigenvalue weighted by Crippen LogP contribution is -2.12. The maximum Gasteiger partial charge on any atom is 0.416 e. The monoisotopic (exact) mass is 450 g/mol. The van der Waals surface area contributed by atoms with E-state index in [1.807, 2.05) is 0 Å². The Morgan fingerprint density at radius 1 is 1.00 bits per heavy atom. The predicted molar refractivity (Wildman–Crippen MR) is 99.5 cm³/mol. The van der Waals surface area contributed by atoms with E-state index in [9.17, 15) is 31.1 Å². The van der Waals surface area contributed by atoms with E-state index in [0.717, 1.165) is 25.1 Å². The number of rotatable bonds is 6. The summed E-state index contributed by atoms with van der Waals surface area (Å²) in [6, 6.07) is 7.57. The number of methoxy groups -OCH3 is 2. The van der Waals surface area contributed by atoms with Crippen molar-refractivity contribution >= 4 is 23.3 Å². The van der Waals surface area contributed by atoms with Crippen molar-refractivity contribution in [1.29, 1.82) is 0 Å². The fraction of sp³-hybridized carbons (Fsp3) is 0.250. The van der Waals surface area contributed by atoms with Crippen molar-refractivity contribution in [2.75, 3.05) is 14.2 Å². The van der Waals surface area contributed by atoms with Gasteiger partial charge in [0.05, 0.1) is 31.6 Å². The van der Waals surface area contributed by atoms with E-state index < -0.39 is 40.8 Å². The molecule has 3 nitrogen and oxygen atoms in total. The van der Waals surface area contributed by atoms with Gasteiger partial charge >= 0.3 is 18.3 Å². The maximum atomic E-state index is 13.3. The minimum atomic E-state index is -4.81. The van der Waals surface area contributed by atoms with E-state index in [-0.39, 0.29) is 5.57 Å². The standard InChI is InChI=1S/C20H16F6O3S/c1-28-10-15(18(27)29-2)14-5-3-4-6-17(14)30-11-12-9-13(19(21,22)23)7-8-16(12)20(24,25)26/h3-10H,11H2,1-2H3. The van der Waals surface area contributed by atoms with Gasteiger partial charge in [-0.25, -0.2) is 4.79 Å². The molecule has 0 saturated carbocycles. The number of ether oxygens (including phenoxy) is 2. The summed E-state index contributed by atoms with van der Waals surface area (Å²) in [6.45, 7) is 0. The highest BCUT2D eigenvalue weighted by Crippen LogP contribution is 2.39. The van der Waals surface area contributed by atoms with Gasteiger partial charge in [0, 0.05) is 16.2 Å². The van der Waals surface area contributed by atoms with Crippen molar-refractivity contribution in [2.45, 2.75) is 23.0 Å². The van der Waals surface area contributed by atoms with Crippen molar-refractivity contribution in [1.82, 2.24) is 0 Å². The maximum absolute atomic E-state index is 13.3. The summed E-state index contributed by atoms with van der Waals surface area (Å²) < 4.78 is 88.4. The third-order valence-corrected chi connectivity index (χ3v) is 5.06. The average Bonchev–Trinajstić information content (AvgIpc) is 2.68. The summed E-state index contributed by atoms with van der Waals surface area (Å²) in [5, 5.41) is 0. The summed E-state index contributed by atoms with van der Waals surface area (Å²) in [5.41, 5.74) is -2.51. The Bertz CT molecular complexity index is 935. The van der Waals surface area contributed by atoms with Crippen LogP contribution in [0.15, 0.2) is 53.6 Å². The molecule has 0 atom stereocenters. The van der Waals surface area contributed by atoms with E-state index in [4.69, 9.17) is 4.74 Å². The normalized spacial score (nSPS) is 12.6. The molecule has 0 radical (unpaired) electrons. The molecule has 0 fully saturated rings. The van der Waals surface area contributed by atoms with Crippen LogP contribution >= 0.6 is 11.8 Å². The summed E-state index contributed by atoms with van der Waals surface area (Å²) in [5.74, 6) is -1.14. The van der Waals surface area contributed by atoms with Gasteiger partial charge in [-0.15, -0.1) is 11.8 Å². The molecule has 0 heterocycles. The second-order valence-electron chi connectivity index (χ2n) is 5.91. The van der Waals surface area contributed by atoms with Crippen LogP contribution in [0.2, 0.25) is 0 Å². The highest BCUT2D eigenvalue weighted by Gasteiger charge is 2.37. The molecule has 30 heavy (non-hydrogen) atoms. The third-order valence-electron chi connectivity index (χ3n) is 3.94. The topological polar surface area (TPSA) is 35.5 Å². The van der Waals surface area contributed by atoms with Gasteiger partial charge in [0.25, 0.3) is 0 Å². The lowest BCUT2D eigenvalue weighted by atomic mass is 10.0. The molecule has 2 aromatic rings. The molecule has 0 aliphatic carbocycles. The Balaban J connectivity index is 2.45. The van der Waals surface area contributed by atoms with E-state index in [0.29, 0.717) is 28.7 Å². The Labute approximate surface area is 172 Å². The fourth-order valence-corrected chi connectivity index (χ4v) is 3.64. The molecule has 2 aromatic carbocycles. The molecule has 0 aliphatic rings. The summed E-state index contributed by atoms with van der Waals surface area (Å²) in [6.07, 6.45) is -8.47. The highest BCUT2D eigenvalue weighted by atomic mass is 32.2. The van der Waals surface area contributed by atoms with E-state index in [1.165, 1.54) is 19.2 Å². The average molecular weight is 450 g/mol. The fourth-order valence-electron chi connectivity index (χ4n) is 2.59. The van der Waals surface area contributed by atoms with Crippen LogP contribution in [0, 0.1) is 0 Å². The molecule has 2 rings (SSSR count). The summed E-state index contributed by atoms with van der Waals surface area (Å²) in [4.78, 5) is 12.4. The minimum absolute atomic E-state index is 0.0168. The zero-order chi connectivity index (χ0) is 22.5. The number of hydrogen-bond donors (Lipinski definition) is 0. The first-order valence-electron chi connectivity index (χ1n) is 8.29. The number of halogens is 6. The van der Waals surface area contributed by atoms with Crippen LogP contribution in [0.25, 0.3) is 5.57 Å². The number of benzene rings is 2.